The van der Waals surface area contributed by atoms with Crippen molar-refractivity contribution in [2.75, 3.05) is 13.7 Å². The first kappa shape index (κ1) is 12.0. The summed E-state index contributed by atoms with van der Waals surface area (Å²) in [5.74, 6) is 1.08. The van der Waals surface area contributed by atoms with Gasteiger partial charge >= 0.3 is 0 Å². The number of hydrogen-bond donors (Lipinski definition) is 1. The van der Waals surface area contributed by atoms with E-state index in [0.29, 0.717) is 11.8 Å². The van der Waals surface area contributed by atoms with Gasteiger partial charge in [0.25, 0.3) is 0 Å². The largest absolute Gasteiger partial charge is 0.393 e. The molecule has 2 nitrogen and oxygen atoms in total. The van der Waals surface area contributed by atoms with Crippen LogP contribution in [0.15, 0.2) is 0 Å². The molecule has 3 unspecified atom stereocenters. The first-order valence-corrected chi connectivity index (χ1v) is 5.64. The SMILES string of the molecule is COCC(C)(C)C1CCC(C)CC1O. The molecule has 14 heavy (non-hydrogen) atoms. The highest BCUT2D eigenvalue weighted by Gasteiger charge is 2.37. The molecule has 0 aromatic carbocycles. The quantitative estimate of drug-likeness (QED) is 0.758. The van der Waals surface area contributed by atoms with Crippen LogP contribution in [0, 0.1) is 17.3 Å². The molecule has 1 fully saturated rings. The minimum absolute atomic E-state index is 0.105. The molecule has 0 saturated heterocycles. The standard InChI is InChI=1S/C12H24O2/c1-9-5-6-10(11(13)7-9)12(2,3)8-14-4/h9-11,13H,5-8H2,1-4H3. The summed E-state index contributed by atoms with van der Waals surface area (Å²) in [5.41, 5.74) is 0.105. The second-order valence-electron chi connectivity index (χ2n) is 5.51. The molecule has 0 radical (unpaired) electrons. The van der Waals surface area contributed by atoms with Crippen LogP contribution >= 0.6 is 0 Å². The molecule has 2 heteroatoms. The highest BCUT2D eigenvalue weighted by Crippen LogP contribution is 2.40. The summed E-state index contributed by atoms with van der Waals surface area (Å²) in [6.07, 6.45) is 3.20. The molecular formula is C12H24O2. The molecule has 0 heterocycles. The number of rotatable bonds is 3. The molecule has 0 aromatic heterocycles. The lowest BCUT2D eigenvalue weighted by Crippen LogP contribution is -2.40. The van der Waals surface area contributed by atoms with Crippen LogP contribution < -0.4 is 0 Å². The van der Waals surface area contributed by atoms with E-state index in [4.69, 9.17) is 4.74 Å². The molecule has 0 spiro atoms. The van der Waals surface area contributed by atoms with E-state index in [-0.39, 0.29) is 11.5 Å². The van der Waals surface area contributed by atoms with Crippen LogP contribution in [0.25, 0.3) is 0 Å². The zero-order valence-corrected chi connectivity index (χ0v) is 9.92. The maximum Gasteiger partial charge on any atom is 0.0576 e. The first-order chi connectivity index (χ1) is 6.47. The Morgan fingerprint density at radius 2 is 2.00 bits per heavy atom. The minimum atomic E-state index is -0.135. The molecule has 0 bridgehead atoms. The molecule has 3 atom stereocenters. The number of hydrogen-bond acceptors (Lipinski definition) is 2. The summed E-state index contributed by atoms with van der Waals surface area (Å²) in [7, 11) is 1.74. The van der Waals surface area contributed by atoms with E-state index in [1.54, 1.807) is 7.11 Å². The summed E-state index contributed by atoms with van der Waals surface area (Å²) in [6.45, 7) is 7.35. The Balaban J connectivity index is 2.58. The van der Waals surface area contributed by atoms with E-state index in [2.05, 4.69) is 20.8 Å². The van der Waals surface area contributed by atoms with E-state index in [1.807, 2.05) is 0 Å². The van der Waals surface area contributed by atoms with E-state index in [1.165, 1.54) is 6.42 Å². The normalized spacial score (nSPS) is 34.5. The van der Waals surface area contributed by atoms with Gasteiger partial charge in [0, 0.05) is 7.11 Å². The minimum Gasteiger partial charge on any atom is -0.393 e. The maximum absolute atomic E-state index is 10.0. The van der Waals surface area contributed by atoms with Gasteiger partial charge in [-0.15, -0.1) is 0 Å². The zero-order valence-electron chi connectivity index (χ0n) is 9.92. The average molecular weight is 200 g/mol. The van der Waals surface area contributed by atoms with Crippen molar-refractivity contribution in [3.8, 4) is 0 Å². The van der Waals surface area contributed by atoms with Crippen LogP contribution in [0.1, 0.15) is 40.0 Å². The van der Waals surface area contributed by atoms with Crippen molar-refractivity contribution >= 4 is 0 Å². The van der Waals surface area contributed by atoms with Crippen molar-refractivity contribution in [2.45, 2.75) is 46.1 Å². The van der Waals surface area contributed by atoms with Gasteiger partial charge in [-0.05, 0) is 30.1 Å². The van der Waals surface area contributed by atoms with Crippen LogP contribution in [0.2, 0.25) is 0 Å². The van der Waals surface area contributed by atoms with E-state index < -0.39 is 0 Å². The Labute approximate surface area is 87.7 Å². The lowest BCUT2D eigenvalue weighted by Gasteiger charge is -2.41. The molecule has 0 amide bonds. The molecule has 1 aliphatic rings. The summed E-state index contributed by atoms with van der Waals surface area (Å²) < 4.78 is 5.22. The fourth-order valence-electron chi connectivity index (χ4n) is 2.74. The van der Waals surface area contributed by atoms with Gasteiger partial charge in [0.05, 0.1) is 12.7 Å². The van der Waals surface area contributed by atoms with Crippen LogP contribution in [0.3, 0.4) is 0 Å². The molecule has 1 rings (SSSR count). The van der Waals surface area contributed by atoms with Crippen LogP contribution in [0.4, 0.5) is 0 Å². The average Bonchev–Trinajstić information content (AvgIpc) is 2.02. The van der Waals surface area contributed by atoms with Gasteiger partial charge < -0.3 is 9.84 Å². The van der Waals surface area contributed by atoms with Gasteiger partial charge in [-0.3, -0.25) is 0 Å². The highest BCUT2D eigenvalue weighted by atomic mass is 16.5. The number of aliphatic hydroxyl groups is 1. The van der Waals surface area contributed by atoms with Crippen LogP contribution in [-0.2, 0) is 4.74 Å². The zero-order chi connectivity index (χ0) is 10.8. The van der Waals surface area contributed by atoms with Crippen LogP contribution in [-0.4, -0.2) is 24.9 Å². The topological polar surface area (TPSA) is 29.5 Å². The summed E-state index contributed by atoms with van der Waals surface area (Å²) >= 11 is 0. The predicted octanol–water partition coefficient (Wildman–Crippen LogP) is 2.46. The third kappa shape index (κ3) is 2.71. The van der Waals surface area contributed by atoms with Gasteiger partial charge in [0.2, 0.25) is 0 Å². The molecule has 84 valence electrons. The Bertz CT molecular complexity index is 177. The van der Waals surface area contributed by atoms with Gasteiger partial charge in [0.1, 0.15) is 0 Å². The lowest BCUT2D eigenvalue weighted by molar-refractivity contribution is -0.0432. The second-order valence-corrected chi connectivity index (χ2v) is 5.51. The summed E-state index contributed by atoms with van der Waals surface area (Å²) in [4.78, 5) is 0. The smallest absolute Gasteiger partial charge is 0.0576 e. The van der Waals surface area contributed by atoms with Crippen molar-refractivity contribution in [1.29, 1.82) is 0 Å². The number of ether oxygens (including phenoxy) is 1. The molecule has 0 aromatic rings. The first-order valence-electron chi connectivity index (χ1n) is 5.64. The summed E-state index contributed by atoms with van der Waals surface area (Å²) in [6, 6.07) is 0. The van der Waals surface area contributed by atoms with Crippen LogP contribution in [0.5, 0.6) is 0 Å². The summed E-state index contributed by atoms with van der Waals surface area (Å²) in [5, 5.41) is 10.0. The fraction of sp³-hybridized carbons (Fsp3) is 1.00. The van der Waals surface area contributed by atoms with Gasteiger partial charge in [-0.25, -0.2) is 0 Å². The van der Waals surface area contributed by atoms with Crippen molar-refractivity contribution < 1.29 is 9.84 Å². The Kier molecular flexibility index (Phi) is 3.96. The molecular weight excluding hydrogens is 176 g/mol. The highest BCUT2D eigenvalue weighted by molar-refractivity contribution is 4.87. The monoisotopic (exact) mass is 200 g/mol. The maximum atomic E-state index is 10.0. The van der Waals surface area contributed by atoms with Crippen molar-refractivity contribution in [3.63, 3.8) is 0 Å². The fourth-order valence-corrected chi connectivity index (χ4v) is 2.74. The molecule has 1 aliphatic carbocycles. The van der Waals surface area contributed by atoms with E-state index >= 15 is 0 Å². The van der Waals surface area contributed by atoms with E-state index in [0.717, 1.165) is 19.4 Å². The third-order valence-corrected chi connectivity index (χ3v) is 3.60. The number of methoxy groups -OCH3 is 1. The number of aliphatic hydroxyl groups excluding tert-OH is 1. The van der Waals surface area contributed by atoms with E-state index in [9.17, 15) is 5.11 Å². The van der Waals surface area contributed by atoms with Crippen molar-refractivity contribution in [2.24, 2.45) is 17.3 Å². The van der Waals surface area contributed by atoms with Gasteiger partial charge in [-0.2, -0.15) is 0 Å². The molecule has 1 saturated carbocycles. The second kappa shape index (κ2) is 4.63. The molecule has 1 N–H and O–H groups in total. The Hall–Kier alpha value is -0.0800. The predicted molar refractivity (Wildman–Crippen MR) is 58.2 cm³/mol. The molecule has 0 aliphatic heterocycles. The van der Waals surface area contributed by atoms with Gasteiger partial charge in [-0.1, -0.05) is 27.2 Å². The Morgan fingerprint density at radius 3 is 2.50 bits per heavy atom. The lowest BCUT2D eigenvalue weighted by atomic mass is 9.68. The van der Waals surface area contributed by atoms with Gasteiger partial charge in [0.15, 0.2) is 0 Å². The van der Waals surface area contributed by atoms with Crippen molar-refractivity contribution in [1.82, 2.24) is 0 Å². The Morgan fingerprint density at radius 1 is 1.36 bits per heavy atom. The van der Waals surface area contributed by atoms with Crippen molar-refractivity contribution in [3.05, 3.63) is 0 Å². The third-order valence-electron chi connectivity index (χ3n) is 3.60.